The molecule has 2 N–H and O–H groups in total. The van der Waals surface area contributed by atoms with Gasteiger partial charge in [0.1, 0.15) is 6.07 Å². The highest BCUT2D eigenvalue weighted by Crippen LogP contribution is 2.36. The molecule has 2 aliphatic rings. The summed E-state index contributed by atoms with van der Waals surface area (Å²) in [5.41, 5.74) is 11.5. The Bertz CT molecular complexity index is 577. The summed E-state index contributed by atoms with van der Waals surface area (Å²) in [7, 11) is 0. The zero-order valence-corrected chi connectivity index (χ0v) is 10.4. The molecule has 2 nitrogen and oxygen atoms in total. The fourth-order valence-corrected chi connectivity index (χ4v) is 2.15. The summed E-state index contributed by atoms with van der Waals surface area (Å²) in [4.78, 5) is 0. The van der Waals surface area contributed by atoms with Crippen molar-refractivity contribution in [2.45, 2.75) is 26.7 Å². The maximum atomic E-state index is 9.16. The van der Waals surface area contributed by atoms with Gasteiger partial charge in [-0.2, -0.15) is 5.26 Å². The molecular formula is C15H16N2. The van der Waals surface area contributed by atoms with Crippen LogP contribution >= 0.6 is 0 Å². The highest BCUT2D eigenvalue weighted by Gasteiger charge is 2.16. The first kappa shape index (κ1) is 11.5. The zero-order valence-electron chi connectivity index (χ0n) is 10.4. The van der Waals surface area contributed by atoms with Crippen molar-refractivity contribution < 1.29 is 0 Å². The van der Waals surface area contributed by atoms with Gasteiger partial charge in [-0.1, -0.05) is 32.0 Å². The molecule has 0 heterocycles. The standard InChI is InChI=1S/C15H16N2/c1-9(2)11-5-4-10(3)15-12(6-11)7-14(17)13(15)8-16/h4-7,9H,17H2,1-3H3. The van der Waals surface area contributed by atoms with E-state index in [9.17, 15) is 0 Å². The Morgan fingerprint density at radius 2 is 1.94 bits per heavy atom. The zero-order chi connectivity index (χ0) is 12.6. The van der Waals surface area contributed by atoms with Crippen molar-refractivity contribution in [2.75, 3.05) is 5.73 Å². The van der Waals surface area contributed by atoms with Gasteiger partial charge in [-0.05, 0) is 35.6 Å². The lowest BCUT2D eigenvalue weighted by molar-refractivity contribution is 0.869. The van der Waals surface area contributed by atoms with Crippen LogP contribution in [0, 0.1) is 18.3 Å². The minimum absolute atomic E-state index is 0.465. The highest BCUT2D eigenvalue weighted by molar-refractivity contribution is 5.85. The second-order valence-corrected chi connectivity index (χ2v) is 4.73. The smallest absolute Gasteiger partial charge is 0.102 e. The Kier molecular flexibility index (Phi) is 2.77. The largest absolute Gasteiger partial charge is 0.398 e. The lowest BCUT2D eigenvalue weighted by atomic mass is 10.0. The molecule has 0 fully saturated rings. The lowest BCUT2D eigenvalue weighted by Gasteiger charge is -2.01. The molecule has 0 amide bonds. The molecule has 2 aliphatic carbocycles. The van der Waals surface area contributed by atoms with Crippen LogP contribution in [0.3, 0.4) is 0 Å². The average molecular weight is 224 g/mol. The molecule has 0 spiro atoms. The van der Waals surface area contributed by atoms with E-state index in [0.29, 0.717) is 17.2 Å². The minimum atomic E-state index is 0.465. The molecule has 2 rings (SSSR count). The van der Waals surface area contributed by atoms with Gasteiger partial charge in [0.2, 0.25) is 0 Å². The van der Waals surface area contributed by atoms with Gasteiger partial charge >= 0.3 is 0 Å². The first-order valence-electron chi connectivity index (χ1n) is 5.77. The quantitative estimate of drug-likeness (QED) is 0.803. The van der Waals surface area contributed by atoms with E-state index in [0.717, 1.165) is 16.7 Å². The molecule has 0 aromatic heterocycles. The van der Waals surface area contributed by atoms with Crippen molar-refractivity contribution in [3.8, 4) is 17.2 Å². The SMILES string of the molecule is Cc1ccc(C(C)C)cc2cc(N)c(C#N)c1-2. The van der Waals surface area contributed by atoms with Gasteiger partial charge in [-0.25, -0.2) is 0 Å². The fourth-order valence-electron chi connectivity index (χ4n) is 2.15. The monoisotopic (exact) mass is 224 g/mol. The van der Waals surface area contributed by atoms with Gasteiger partial charge < -0.3 is 5.73 Å². The second kappa shape index (κ2) is 4.10. The summed E-state index contributed by atoms with van der Waals surface area (Å²) in [5, 5.41) is 9.16. The van der Waals surface area contributed by atoms with Crippen LogP contribution in [0.1, 0.15) is 36.5 Å². The summed E-state index contributed by atoms with van der Waals surface area (Å²) in [6.07, 6.45) is 0. The maximum Gasteiger partial charge on any atom is 0.102 e. The molecule has 17 heavy (non-hydrogen) atoms. The van der Waals surface area contributed by atoms with Gasteiger partial charge in [0.25, 0.3) is 0 Å². The van der Waals surface area contributed by atoms with Gasteiger partial charge in [0.05, 0.1) is 11.3 Å². The number of hydrogen-bond acceptors (Lipinski definition) is 2. The molecule has 2 heteroatoms. The Morgan fingerprint density at radius 1 is 1.24 bits per heavy atom. The first-order chi connectivity index (χ1) is 8.04. The van der Waals surface area contributed by atoms with Gasteiger partial charge in [-0.3, -0.25) is 0 Å². The van der Waals surface area contributed by atoms with Crippen molar-refractivity contribution >= 4 is 5.69 Å². The number of nitrogens with zero attached hydrogens (tertiary/aromatic N) is 1. The van der Waals surface area contributed by atoms with E-state index in [1.165, 1.54) is 5.56 Å². The third kappa shape index (κ3) is 1.85. The summed E-state index contributed by atoms with van der Waals surface area (Å²) in [6, 6.07) is 10.4. The average Bonchev–Trinajstić information content (AvgIpc) is 2.50. The van der Waals surface area contributed by atoms with E-state index in [-0.39, 0.29) is 0 Å². The molecular weight excluding hydrogens is 208 g/mol. The van der Waals surface area contributed by atoms with Crippen molar-refractivity contribution in [2.24, 2.45) is 0 Å². The Balaban J connectivity index is 2.79. The normalized spacial score (nSPS) is 10.8. The van der Waals surface area contributed by atoms with Gasteiger partial charge in [0, 0.05) is 5.56 Å². The summed E-state index contributed by atoms with van der Waals surface area (Å²) < 4.78 is 0. The van der Waals surface area contributed by atoms with E-state index in [4.69, 9.17) is 11.0 Å². The topological polar surface area (TPSA) is 49.8 Å². The Hall–Kier alpha value is -2.01. The number of nitriles is 1. The Morgan fingerprint density at radius 3 is 2.53 bits per heavy atom. The molecule has 0 saturated heterocycles. The van der Waals surface area contributed by atoms with E-state index >= 15 is 0 Å². The molecule has 86 valence electrons. The van der Waals surface area contributed by atoms with Crippen LogP contribution in [-0.2, 0) is 0 Å². The Labute approximate surface area is 102 Å². The summed E-state index contributed by atoms with van der Waals surface area (Å²) in [5.74, 6) is 0.465. The molecule has 0 bridgehead atoms. The number of fused-ring (bicyclic) bond motifs is 1. The summed E-state index contributed by atoms with van der Waals surface area (Å²) >= 11 is 0. The van der Waals surface area contributed by atoms with Crippen LogP contribution in [0.4, 0.5) is 5.69 Å². The number of hydrogen-bond donors (Lipinski definition) is 1. The number of aryl methyl sites for hydroxylation is 1. The predicted octanol–water partition coefficient (Wildman–Crippen LogP) is 3.68. The van der Waals surface area contributed by atoms with Crippen LogP contribution in [0.2, 0.25) is 0 Å². The molecule has 0 radical (unpaired) electrons. The number of anilines is 1. The molecule has 0 aliphatic heterocycles. The molecule has 0 aromatic carbocycles. The highest BCUT2D eigenvalue weighted by atomic mass is 14.6. The lowest BCUT2D eigenvalue weighted by Crippen LogP contribution is -1.85. The molecule has 0 aromatic rings. The van der Waals surface area contributed by atoms with Crippen molar-refractivity contribution in [1.29, 1.82) is 5.26 Å². The molecule has 0 unspecified atom stereocenters. The third-order valence-electron chi connectivity index (χ3n) is 3.16. The third-order valence-corrected chi connectivity index (χ3v) is 3.16. The van der Waals surface area contributed by atoms with Gasteiger partial charge in [0.15, 0.2) is 0 Å². The number of nitrogen functional groups attached to an aromatic ring is 1. The van der Waals surface area contributed by atoms with E-state index in [1.54, 1.807) is 0 Å². The fraction of sp³-hybridized carbons (Fsp3) is 0.267. The molecule has 0 saturated carbocycles. The second-order valence-electron chi connectivity index (χ2n) is 4.73. The maximum absolute atomic E-state index is 9.16. The van der Waals surface area contributed by atoms with E-state index in [2.05, 4.69) is 38.1 Å². The van der Waals surface area contributed by atoms with E-state index in [1.807, 2.05) is 13.0 Å². The summed E-state index contributed by atoms with van der Waals surface area (Å²) in [6.45, 7) is 6.34. The number of rotatable bonds is 1. The first-order valence-corrected chi connectivity index (χ1v) is 5.77. The number of nitrogens with two attached hydrogens (primary N) is 1. The van der Waals surface area contributed by atoms with E-state index < -0.39 is 0 Å². The van der Waals surface area contributed by atoms with Crippen LogP contribution in [-0.4, -0.2) is 0 Å². The van der Waals surface area contributed by atoms with Crippen LogP contribution in [0.25, 0.3) is 11.1 Å². The molecule has 0 atom stereocenters. The van der Waals surface area contributed by atoms with Gasteiger partial charge in [-0.15, -0.1) is 0 Å². The van der Waals surface area contributed by atoms with Crippen molar-refractivity contribution in [3.05, 3.63) is 41.0 Å². The minimum Gasteiger partial charge on any atom is -0.398 e. The predicted molar refractivity (Wildman–Crippen MR) is 71.0 cm³/mol. The van der Waals surface area contributed by atoms with Crippen LogP contribution in [0.15, 0.2) is 24.3 Å². The van der Waals surface area contributed by atoms with Crippen LogP contribution < -0.4 is 5.73 Å². The van der Waals surface area contributed by atoms with Crippen LogP contribution in [0.5, 0.6) is 0 Å². The van der Waals surface area contributed by atoms with Crippen molar-refractivity contribution in [1.82, 2.24) is 0 Å². The van der Waals surface area contributed by atoms with Crippen molar-refractivity contribution in [3.63, 3.8) is 0 Å².